The average molecular weight is 351 g/mol. The van der Waals surface area contributed by atoms with Gasteiger partial charge >= 0.3 is 6.03 Å². The number of urea groups is 1. The Bertz CT molecular complexity index is 799. The molecule has 2 aliphatic rings. The third-order valence-corrected chi connectivity index (χ3v) is 7.07. The Morgan fingerprint density at radius 1 is 1.04 bits per heavy atom. The lowest BCUT2D eigenvalue weighted by Crippen LogP contribution is -2.62. The van der Waals surface area contributed by atoms with Crippen LogP contribution in [-0.2, 0) is 14.8 Å². The average Bonchev–Trinajstić information content (AvgIpc) is 2.75. The first-order valence-corrected chi connectivity index (χ1v) is 9.26. The molecule has 1 N–H and O–H groups in total. The van der Waals surface area contributed by atoms with Crippen molar-refractivity contribution in [1.29, 1.82) is 0 Å². The molecule has 2 fully saturated rings. The molecule has 2 heterocycles. The van der Waals surface area contributed by atoms with E-state index in [1.54, 1.807) is 0 Å². The highest BCUT2D eigenvalue weighted by Gasteiger charge is 2.46. The Morgan fingerprint density at radius 2 is 1.58 bits per heavy atom. The zero-order chi connectivity index (χ0) is 17.8. The minimum absolute atomic E-state index is 0.0165. The molecule has 3 amide bonds. The molecule has 24 heavy (non-hydrogen) atoms. The van der Waals surface area contributed by atoms with Gasteiger partial charge in [-0.15, -0.1) is 0 Å². The predicted molar refractivity (Wildman–Crippen MR) is 88.2 cm³/mol. The van der Waals surface area contributed by atoms with E-state index < -0.39 is 16.1 Å². The number of sulfonamides is 1. The van der Waals surface area contributed by atoms with E-state index >= 15 is 0 Å². The van der Waals surface area contributed by atoms with Gasteiger partial charge in [0.25, 0.3) is 0 Å². The Balaban J connectivity index is 1.87. The van der Waals surface area contributed by atoms with E-state index in [0.717, 1.165) is 27.2 Å². The number of rotatable bonds is 3. The molecule has 7 nitrogen and oxygen atoms in total. The molecule has 0 unspecified atom stereocenters. The molecule has 3 rings (SSSR count). The fourth-order valence-corrected chi connectivity index (χ4v) is 5.37. The summed E-state index contributed by atoms with van der Waals surface area (Å²) in [6, 6.07) is 1.15. The van der Waals surface area contributed by atoms with E-state index in [-0.39, 0.29) is 31.6 Å². The second-order valence-corrected chi connectivity index (χ2v) is 8.36. The number of aryl methyl sites for hydroxylation is 2. The summed E-state index contributed by atoms with van der Waals surface area (Å²) >= 11 is 0. The second-order valence-electron chi connectivity index (χ2n) is 6.49. The number of carbonyl (C=O) groups excluding carboxylic acids is 2. The molecular formula is C16H21N3O4S. The maximum Gasteiger partial charge on any atom is 0.324 e. The fraction of sp³-hybridized carbons (Fsp3) is 0.500. The van der Waals surface area contributed by atoms with Gasteiger partial charge in [-0.25, -0.2) is 13.2 Å². The van der Waals surface area contributed by atoms with Crippen molar-refractivity contribution < 1.29 is 18.0 Å². The summed E-state index contributed by atoms with van der Waals surface area (Å²) in [6.07, 6.45) is 0. The van der Waals surface area contributed by atoms with Crippen molar-refractivity contribution >= 4 is 22.0 Å². The van der Waals surface area contributed by atoms with Crippen LogP contribution in [0.25, 0.3) is 0 Å². The van der Waals surface area contributed by atoms with Crippen molar-refractivity contribution in [2.45, 2.75) is 38.6 Å². The lowest BCUT2D eigenvalue weighted by molar-refractivity contribution is -0.128. The number of benzene rings is 1. The van der Waals surface area contributed by atoms with Crippen molar-refractivity contribution in [1.82, 2.24) is 14.5 Å². The molecule has 0 aromatic heterocycles. The van der Waals surface area contributed by atoms with Crippen LogP contribution in [0, 0.1) is 27.7 Å². The Kier molecular flexibility index (Phi) is 3.92. The molecule has 130 valence electrons. The summed E-state index contributed by atoms with van der Waals surface area (Å²) in [7, 11) is -3.64. The number of nitrogens with one attached hydrogen (secondary N) is 1. The van der Waals surface area contributed by atoms with E-state index in [4.69, 9.17) is 0 Å². The molecule has 2 saturated heterocycles. The van der Waals surface area contributed by atoms with Crippen LogP contribution in [-0.4, -0.2) is 55.2 Å². The van der Waals surface area contributed by atoms with Crippen molar-refractivity contribution in [3.63, 3.8) is 0 Å². The number of hydrogen-bond donors (Lipinski definition) is 1. The maximum absolute atomic E-state index is 13.0. The number of nitrogens with zero attached hydrogens (tertiary/aromatic N) is 2. The van der Waals surface area contributed by atoms with E-state index in [0.29, 0.717) is 4.90 Å². The van der Waals surface area contributed by atoms with Gasteiger partial charge in [0.05, 0.1) is 17.5 Å². The van der Waals surface area contributed by atoms with E-state index in [1.165, 1.54) is 4.31 Å². The SMILES string of the molecule is Cc1cc(C)c(C)c(S(=O)(=O)N2CC(N3C(=O)CNC3=O)C2)c1C. The first-order chi connectivity index (χ1) is 11.1. The van der Waals surface area contributed by atoms with Gasteiger partial charge in [-0.05, 0) is 49.9 Å². The lowest BCUT2D eigenvalue weighted by Gasteiger charge is -2.41. The number of carbonyl (C=O) groups is 2. The summed E-state index contributed by atoms with van der Waals surface area (Å²) in [4.78, 5) is 24.9. The van der Waals surface area contributed by atoms with Gasteiger partial charge in [0.2, 0.25) is 15.9 Å². The smallest absolute Gasteiger partial charge is 0.324 e. The van der Waals surface area contributed by atoms with Crippen LogP contribution in [0.4, 0.5) is 4.79 Å². The first-order valence-electron chi connectivity index (χ1n) is 7.82. The molecule has 8 heteroatoms. The zero-order valence-electron chi connectivity index (χ0n) is 14.2. The Morgan fingerprint density at radius 3 is 2.04 bits per heavy atom. The van der Waals surface area contributed by atoms with Crippen molar-refractivity contribution in [3.8, 4) is 0 Å². The highest BCUT2D eigenvalue weighted by molar-refractivity contribution is 7.89. The number of hydrogen-bond acceptors (Lipinski definition) is 4. The normalized spacial score (nSPS) is 19.6. The zero-order valence-corrected chi connectivity index (χ0v) is 15.0. The van der Waals surface area contributed by atoms with Crippen LogP contribution < -0.4 is 5.32 Å². The summed E-state index contributed by atoms with van der Waals surface area (Å²) in [5, 5.41) is 2.46. The molecule has 1 aromatic carbocycles. The van der Waals surface area contributed by atoms with Crippen LogP contribution >= 0.6 is 0 Å². The highest BCUT2D eigenvalue weighted by Crippen LogP contribution is 2.32. The topological polar surface area (TPSA) is 86.8 Å². The van der Waals surface area contributed by atoms with Crippen molar-refractivity contribution in [3.05, 3.63) is 28.3 Å². The van der Waals surface area contributed by atoms with Crippen LogP contribution in [0.15, 0.2) is 11.0 Å². The van der Waals surface area contributed by atoms with Crippen LogP contribution in [0.5, 0.6) is 0 Å². The molecule has 2 aliphatic heterocycles. The van der Waals surface area contributed by atoms with Gasteiger partial charge in [-0.2, -0.15) is 4.31 Å². The van der Waals surface area contributed by atoms with E-state index in [9.17, 15) is 18.0 Å². The summed E-state index contributed by atoms with van der Waals surface area (Å²) in [5.41, 5.74) is 3.36. The predicted octanol–water partition coefficient (Wildman–Crippen LogP) is 0.845. The van der Waals surface area contributed by atoms with Crippen molar-refractivity contribution in [2.24, 2.45) is 0 Å². The van der Waals surface area contributed by atoms with Gasteiger partial charge in [0.1, 0.15) is 0 Å². The second kappa shape index (κ2) is 5.56. The molecule has 0 spiro atoms. The lowest BCUT2D eigenvalue weighted by atomic mass is 10.0. The van der Waals surface area contributed by atoms with Gasteiger partial charge in [-0.1, -0.05) is 6.07 Å². The molecule has 1 aromatic rings. The minimum atomic E-state index is -3.64. The summed E-state index contributed by atoms with van der Waals surface area (Å²) < 4.78 is 27.4. The largest absolute Gasteiger partial charge is 0.329 e. The molecule has 0 bridgehead atoms. The quantitative estimate of drug-likeness (QED) is 0.818. The Hall–Kier alpha value is -1.93. The molecule has 0 aliphatic carbocycles. The van der Waals surface area contributed by atoms with Crippen molar-refractivity contribution in [2.75, 3.05) is 19.6 Å². The van der Waals surface area contributed by atoms with Crippen LogP contribution in [0.1, 0.15) is 22.3 Å². The van der Waals surface area contributed by atoms with Gasteiger partial charge < -0.3 is 5.32 Å². The molecule has 0 saturated carbocycles. The third-order valence-electron chi connectivity index (χ3n) is 4.97. The minimum Gasteiger partial charge on any atom is -0.329 e. The third kappa shape index (κ3) is 2.41. The highest BCUT2D eigenvalue weighted by atomic mass is 32.2. The van der Waals surface area contributed by atoms with Gasteiger partial charge in [-0.3, -0.25) is 9.69 Å². The van der Waals surface area contributed by atoms with Gasteiger partial charge in [0.15, 0.2) is 0 Å². The number of imide groups is 1. The maximum atomic E-state index is 13.0. The summed E-state index contributed by atoms with van der Waals surface area (Å²) in [6.45, 7) is 7.69. The molecular weight excluding hydrogens is 330 g/mol. The van der Waals surface area contributed by atoms with Gasteiger partial charge in [0, 0.05) is 13.1 Å². The standard InChI is InChI=1S/C16H21N3O4S/c1-9-5-10(2)12(4)15(11(9)3)24(22,23)18-7-13(8-18)19-14(20)6-17-16(19)21/h5,13H,6-8H2,1-4H3,(H,17,21). The van der Waals surface area contributed by atoms with Crippen LogP contribution in [0.3, 0.4) is 0 Å². The Labute approximate surface area is 141 Å². The monoisotopic (exact) mass is 351 g/mol. The molecule has 0 radical (unpaired) electrons. The van der Waals surface area contributed by atoms with E-state index in [2.05, 4.69) is 5.32 Å². The summed E-state index contributed by atoms with van der Waals surface area (Å²) in [5.74, 6) is -0.305. The van der Waals surface area contributed by atoms with E-state index in [1.807, 2.05) is 33.8 Å². The number of amides is 3. The first kappa shape index (κ1) is 16.9. The molecule has 0 atom stereocenters. The fourth-order valence-electron chi connectivity index (χ4n) is 3.28. The van der Waals surface area contributed by atoms with Crippen LogP contribution in [0.2, 0.25) is 0 Å².